The predicted octanol–water partition coefficient (Wildman–Crippen LogP) is 2.24. The van der Waals surface area contributed by atoms with Crippen molar-refractivity contribution >= 4 is 35.4 Å². The van der Waals surface area contributed by atoms with Crippen LogP contribution in [-0.2, 0) is 37.1 Å². The zero-order valence-electron chi connectivity index (χ0n) is 28.8. The Labute approximate surface area is 285 Å². The molecule has 5 amide bonds. The summed E-state index contributed by atoms with van der Waals surface area (Å²) in [5.74, 6) is -1.42. The molecule has 1 aromatic carbocycles. The minimum atomic E-state index is -0.991. The molecule has 0 fully saturated rings. The molecule has 264 valence electrons. The molecule has 3 aromatic rings. The van der Waals surface area contributed by atoms with Crippen LogP contribution in [0.5, 0.6) is 0 Å². The molecular formula is C33H46N10O6. The Balaban J connectivity index is 1.64. The smallest absolute Gasteiger partial charge is 0.312 e. The molecule has 16 nitrogen and oxygen atoms in total. The predicted molar refractivity (Wildman–Crippen MR) is 180 cm³/mol. The van der Waals surface area contributed by atoms with E-state index in [2.05, 4.69) is 41.5 Å². The van der Waals surface area contributed by atoms with E-state index in [-0.39, 0.29) is 31.4 Å². The first-order valence-electron chi connectivity index (χ1n) is 16.0. The highest BCUT2D eigenvalue weighted by molar-refractivity contribution is 5.98. The van der Waals surface area contributed by atoms with Crippen molar-refractivity contribution in [3.05, 3.63) is 54.2 Å². The molecule has 0 unspecified atom stereocenters. The summed E-state index contributed by atoms with van der Waals surface area (Å²) in [6, 6.07) is 4.08. The number of hydrogen-bond donors (Lipinski definition) is 5. The summed E-state index contributed by atoms with van der Waals surface area (Å²) in [6.07, 6.45) is 6.02. The fourth-order valence-corrected chi connectivity index (χ4v) is 4.59. The van der Waals surface area contributed by atoms with Gasteiger partial charge in [-0.25, -0.2) is 14.8 Å². The second-order valence-electron chi connectivity index (χ2n) is 12.7. The fraction of sp³-hybridized carbons (Fsp3) is 0.485. The Hall–Kier alpha value is -5.41. The molecule has 0 aliphatic heterocycles. The van der Waals surface area contributed by atoms with Crippen LogP contribution in [0.25, 0.3) is 11.3 Å². The van der Waals surface area contributed by atoms with Gasteiger partial charge in [0.2, 0.25) is 17.7 Å². The van der Waals surface area contributed by atoms with E-state index in [1.807, 2.05) is 0 Å². The van der Waals surface area contributed by atoms with Gasteiger partial charge in [-0.1, -0.05) is 45.0 Å². The van der Waals surface area contributed by atoms with Gasteiger partial charge in [0.25, 0.3) is 0 Å². The highest BCUT2D eigenvalue weighted by atomic mass is 16.5. The molecule has 0 aliphatic rings. The largest absolute Gasteiger partial charge is 0.461 e. The molecule has 0 saturated carbocycles. The SMILES string of the molecule is CC(=O)OCc1ccc(NC(=O)[C@H](CCCNC(N)=O)NC(=O)[C@@H](NC(=O)C(C)(C)CCn2cc(-c3cnc(C)nc3)nn2)C(C)C)cc1. The number of urea groups is 1. The molecule has 0 aliphatic carbocycles. The van der Waals surface area contributed by atoms with E-state index in [4.69, 9.17) is 10.5 Å². The lowest BCUT2D eigenvalue weighted by Gasteiger charge is -2.30. The number of benzene rings is 1. The van der Waals surface area contributed by atoms with Gasteiger partial charge in [-0.15, -0.1) is 5.10 Å². The second kappa shape index (κ2) is 17.7. The van der Waals surface area contributed by atoms with E-state index < -0.39 is 41.3 Å². The molecule has 2 heterocycles. The summed E-state index contributed by atoms with van der Waals surface area (Å²) in [7, 11) is 0. The van der Waals surface area contributed by atoms with Crippen molar-refractivity contribution < 1.29 is 28.7 Å². The van der Waals surface area contributed by atoms with Crippen molar-refractivity contribution in [3.8, 4) is 11.3 Å². The number of amides is 5. The number of aryl methyl sites for hydroxylation is 2. The molecule has 2 aromatic heterocycles. The van der Waals surface area contributed by atoms with Crippen LogP contribution in [0.4, 0.5) is 10.5 Å². The summed E-state index contributed by atoms with van der Waals surface area (Å²) in [5.41, 5.74) is 6.81. The van der Waals surface area contributed by atoms with Crippen LogP contribution in [0.3, 0.4) is 0 Å². The highest BCUT2D eigenvalue weighted by Crippen LogP contribution is 2.23. The van der Waals surface area contributed by atoms with E-state index in [0.717, 1.165) is 11.1 Å². The van der Waals surface area contributed by atoms with E-state index in [1.165, 1.54) is 6.92 Å². The van der Waals surface area contributed by atoms with Crippen molar-refractivity contribution in [2.24, 2.45) is 17.1 Å². The Morgan fingerprint density at radius 2 is 1.67 bits per heavy atom. The highest BCUT2D eigenvalue weighted by Gasteiger charge is 2.34. The molecule has 16 heteroatoms. The van der Waals surface area contributed by atoms with Crippen LogP contribution >= 0.6 is 0 Å². The van der Waals surface area contributed by atoms with Gasteiger partial charge >= 0.3 is 12.0 Å². The number of carbonyl (C=O) groups is 5. The molecule has 0 bridgehead atoms. The lowest BCUT2D eigenvalue weighted by molar-refractivity contribution is -0.142. The second-order valence-corrected chi connectivity index (χ2v) is 12.7. The zero-order chi connectivity index (χ0) is 36.1. The third kappa shape index (κ3) is 12.3. The number of nitrogens with one attached hydrogen (secondary N) is 4. The van der Waals surface area contributed by atoms with Gasteiger partial charge in [-0.3, -0.25) is 23.9 Å². The third-order valence-corrected chi connectivity index (χ3v) is 7.70. The van der Waals surface area contributed by atoms with Gasteiger partial charge in [0.1, 0.15) is 30.2 Å². The standard InChI is InChI=1S/C33H46N10O6/c1-20(2)28(40-31(47)33(5,6)13-15-43-18-27(41-42-43)24-16-36-21(3)37-17-24)30(46)39-26(8-7-14-35-32(34)48)29(45)38-25-11-9-23(10-12-25)19-49-22(4)44/h9-12,16-18,20,26,28H,7-8,13-15,19H2,1-6H3,(H,38,45)(H,39,46)(H,40,47)(H3,34,35,48)/t26-,28-/m0/s1. The lowest BCUT2D eigenvalue weighted by atomic mass is 9.87. The fourth-order valence-electron chi connectivity index (χ4n) is 4.59. The number of rotatable bonds is 17. The van der Waals surface area contributed by atoms with Crippen LogP contribution in [-0.4, -0.2) is 73.3 Å². The topological polar surface area (TPSA) is 225 Å². The van der Waals surface area contributed by atoms with Crippen molar-refractivity contribution in [3.63, 3.8) is 0 Å². The third-order valence-electron chi connectivity index (χ3n) is 7.70. The van der Waals surface area contributed by atoms with E-state index in [1.54, 1.807) is 82.2 Å². The Bertz CT molecular complexity index is 1590. The van der Waals surface area contributed by atoms with E-state index >= 15 is 0 Å². The molecular weight excluding hydrogens is 632 g/mol. The van der Waals surface area contributed by atoms with Crippen LogP contribution in [0, 0.1) is 18.3 Å². The van der Waals surface area contributed by atoms with Gasteiger partial charge in [0, 0.05) is 49.1 Å². The average molecular weight is 679 g/mol. The number of aromatic nitrogens is 5. The zero-order valence-corrected chi connectivity index (χ0v) is 28.8. The molecule has 0 radical (unpaired) electrons. The van der Waals surface area contributed by atoms with Gasteiger partial charge in [0.15, 0.2) is 0 Å². The molecule has 6 N–H and O–H groups in total. The van der Waals surface area contributed by atoms with Gasteiger partial charge in [-0.2, -0.15) is 0 Å². The first kappa shape index (κ1) is 38.0. The first-order chi connectivity index (χ1) is 23.1. The van der Waals surface area contributed by atoms with E-state index in [0.29, 0.717) is 36.6 Å². The van der Waals surface area contributed by atoms with Crippen molar-refractivity contribution in [1.82, 2.24) is 40.9 Å². The Kier molecular flexibility index (Phi) is 13.7. The summed E-state index contributed by atoms with van der Waals surface area (Å²) in [6.45, 7) is 11.0. The number of hydrogen-bond acceptors (Lipinski definition) is 10. The maximum atomic E-state index is 13.6. The van der Waals surface area contributed by atoms with Crippen LogP contribution < -0.4 is 27.0 Å². The molecule has 2 atom stereocenters. The summed E-state index contributed by atoms with van der Waals surface area (Å²) < 4.78 is 6.63. The minimum Gasteiger partial charge on any atom is -0.461 e. The Morgan fingerprint density at radius 3 is 2.29 bits per heavy atom. The quantitative estimate of drug-likeness (QED) is 0.103. The number of ether oxygens (including phenoxy) is 1. The van der Waals surface area contributed by atoms with Crippen molar-refractivity contribution in [1.29, 1.82) is 0 Å². The van der Waals surface area contributed by atoms with Gasteiger partial charge < -0.3 is 31.7 Å². The van der Waals surface area contributed by atoms with Gasteiger partial charge in [0.05, 0.1) is 6.20 Å². The maximum absolute atomic E-state index is 13.6. The maximum Gasteiger partial charge on any atom is 0.312 e. The normalized spacial score (nSPS) is 12.5. The average Bonchev–Trinajstić information content (AvgIpc) is 3.52. The molecule has 49 heavy (non-hydrogen) atoms. The number of nitrogens with two attached hydrogens (primary N) is 1. The number of nitrogens with zero attached hydrogens (tertiary/aromatic N) is 5. The minimum absolute atomic E-state index is 0.0967. The number of carbonyl (C=O) groups excluding carboxylic acids is 5. The first-order valence-corrected chi connectivity index (χ1v) is 16.0. The number of primary amides is 1. The van der Waals surface area contributed by atoms with Gasteiger partial charge in [-0.05, 0) is 49.8 Å². The lowest BCUT2D eigenvalue weighted by Crippen LogP contribution is -2.56. The molecule has 0 spiro atoms. The van der Waals surface area contributed by atoms with Crippen LogP contribution in [0.1, 0.15) is 65.3 Å². The van der Waals surface area contributed by atoms with Crippen molar-refractivity contribution in [2.45, 2.75) is 86.0 Å². The van der Waals surface area contributed by atoms with Crippen molar-refractivity contribution in [2.75, 3.05) is 11.9 Å². The monoisotopic (exact) mass is 678 g/mol. The Morgan fingerprint density at radius 1 is 1.00 bits per heavy atom. The van der Waals surface area contributed by atoms with E-state index in [9.17, 15) is 24.0 Å². The number of anilines is 1. The van der Waals surface area contributed by atoms with Crippen LogP contribution in [0.2, 0.25) is 0 Å². The summed E-state index contributed by atoms with van der Waals surface area (Å²) >= 11 is 0. The van der Waals surface area contributed by atoms with Crippen LogP contribution in [0.15, 0.2) is 42.9 Å². The summed E-state index contributed by atoms with van der Waals surface area (Å²) in [5, 5.41) is 19.3. The number of esters is 1. The molecule has 0 saturated heterocycles. The summed E-state index contributed by atoms with van der Waals surface area (Å²) in [4.78, 5) is 71.1. The molecule has 3 rings (SSSR count).